The topological polar surface area (TPSA) is 58.4 Å². The number of amides is 1. The quantitative estimate of drug-likeness (QED) is 0.768. The second kappa shape index (κ2) is 6.02. The molecule has 0 atom stereocenters. The molecule has 1 aromatic rings. The van der Waals surface area contributed by atoms with Crippen molar-refractivity contribution in [1.82, 2.24) is 10.2 Å². The van der Waals surface area contributed by atoms with Crippen LogP contribution in [0.1, 0.15) is 30.1 Å². The smallest absolute Gasteiger partial charge is 0.251 e. The highest BCUT2D eigenvalue weighted by Crippen LogP contribution is 2.25. The number of nitrogens with two attached hydrogens (primary N) is 1. The molecule has 4 nitrogen and oxygen atoms in total. The molecular formula is C14H20FN3O. The molecule has 104 valence electrons. The molecule has 1 aliphatic rings. The standard InChI is InChI=1S/C14H20FN3O/c1-2-18(13-3-4-13)6-5-17-14(19)10-7-11(15)9-12(16)8-10/h7-9,13H,2-6,16H2,1H3,(H,17,19). The third kappa shape index (κ3) is 3.92. The second-order valence-electron chi connectivity index (χ2n) is 4.89. The number of nitrogen functional groups attached to an aromatic ring is 1. The molecule has 0 aromatic heterocycles. The summed E-state index contributed by atoms with van der Waals surface area (Å²) in [6.07, 6.45) is 2.50. The Hall–Kier alpha value is -1.62. The Balaban J connectivity index is 1.83. The van der Waals surface area contributed by atoms with Crippen LogP contribution in [0, 0.1) is 5.82 Å². The van der Waals surface area contributed by atoms with Crippen LogP contribution in [-0.2, 0) is 0 Å². The molecule has 2 rings (SSSR count). The summed E-state index contributed by atoms with van der Waals surface area (Å²) in [6.45, 7) is 4.51. The molecule has 1 fully saturated rings. The number of nitrogens with zero attached hydrogens (tertiary/aromatic N) is 1. The lowest BCUT2D eigenvalue weighted by Gasteiger charge is -2.19. The van der Waals surface area contributed by atoms with E-state index in [1.165, 1.54) is 31.0 Å². The van der Waals surface area contributed by atoms with Crippen LogP contribution in [0.2, 0.25) is 0 Å². The molecule has 1 aromatic carbocycles. The van der Waals surface area contributed by atoms with Gasteiger partial charge in [0.05, 0.1) is 0 Å². The minimum atomic E-state index is -0.488. The zero-order valence-corrected chi connectivity index (χ0v) is 11.2. The van der Waals surface area contributed by atoms with Crippen LogP contribution in [0.25, 0.3) is 0 Å². The Morgan fingerprint density at radius 3 is 2.79 bits per heavy atom. The average Bonchev–Trinajstić information content (AvgIpc) is 3.17. The lowest BCUT2D eigenvalue weighted by molar-refractivity contribution is 0.0947. The Labute approximate surface area is 112 Å². The van der Waals surface area contributed by atoms with Crippen molar-refractivity contribution in [2.75, 3.05) is 25.4 Å². The first kappa shape index (κ1) is 13.8. The predicted octanol–water partition coefficient (Wildman–Crippen LogP) is 1.62. The van der Waals surface area contributed by atoms with E-state index in [2.05, 4.69) is 17.1 Å². The summed E-state index contributed by atoms with van der Waals surface area (Å²) in [6, 6.07) is 4.57. The van der Waals surface area contributed by atoms with Crippen LogP contribution in [0.5, 0.6) is 0 Å². The first-order valence-electron chi connectivity index (χ1n) is 6.68. The average molecular weight is 265 g/mol. The Bertz CT molecular complexity index is 440. The summed E-state index contributed by atoms with van der Waals surface area (Å²) in [5.41, 5.74) is 6.05. The summed E-state index contributed by atoms with van der Waals surface area (Å²) in [4.78, 5) is 14.2. The lowest BCUT2D eigenvalue weighted by Crippen LogP contribution is -2.36. The molecule has 0 heterocycles. The SMILES string of the molecule is CCN(CCNC(=O)c1cc(N)cc(F)c1)C1CC1. The zero-order chi connectivity index (χ0) is 13.8. The number of halogens is 1. The minimum Gasteiger partial charge on any atom is -0.399 e. The van der Waals surface area contributed by atoms with E-state index in [4.69, 9.17) is 5.73 Å². The molecule has 0 radical (unpaired) electrons. The number of hydrogen-bond acceptors (Lipinski definition) is 3. The fraction of sp³-hybridized carbons (Fsp3) is 0.500. The third-order valence-corrected chi connectivity index (χ3v) is 3.34. The van der Waals surface area contributed by atoms with Gasteiger partial charge in [-0.05, 0) is 37.6 Å². The Morgan fingerprint density at radius 2 is 2.21 bits per heavy atom. The van der Waals surface area contributed by atoms with Crippen molar-refractivity contribution in [3.05, 3.63) is 29.6 Å². The number of carbonyl (C=O) groups excluding carboxylic acids is 1. The van der Waals surface area contributed by atoms with E-state index in [-0.39, 0.29) is 17.2 Å². The van der Waals surface area contributed by atoms with Crippen LogP contribution >= 0.6 is 0 Å². The van der Waals surface area contributed by atoms with Crippen LogP contribution in [-0.4, -0.2) is 36.5 Å². The number of rotatable bonds is 6. The van der Waals surface area contributed by atoms with Crippen LogP contribution in [0.4, 0.5) is 10.1 Å². The maximum absolute atomic E-state index is 13.1. The third-order valence-electron chi connectivity index (χ3n) is 3.34. The first-order chi connectivity index (χ1) is 9.10. The van der Waals surface area contributed by atoms with Gasteiger partial charge < -0.3 is 11.1 Å². The normalized spacial score (nSPS) is 14.7. The molecular weight excluding hydrogens is 245 g/mol. The van der Waals surface area contributed by atoms with Crippen LogP contribution < -0.4 is 11.1 Å². The van der Waals surface area contributed by atoms with Crippen molar-refractivity contribution in [2.45, 2.75) is 25.8 Å². The highest BCUT2D eigenvalue weighted by Gasteiger charge is 2.27. The van der Waals surface area contributed by atoms with Gasteiger partial charge in [-0.25, -0.2) is 4.39 Å². The van der Waals surface area contributed by atoms with Crippen molar-refractivity contribution >= 4 is 11.6 Å². The largest absolute Gasteiger partial charge is 0.399 e. The molecule has 0 saturated heterocycles. The molecule has 0 aliphatic heterocycles. The number of hydrogen-bond donors (Lipinski definition) is 2. The number of nitrogens with one attached hydrogen (secondary N) is 1. The van der Waals surface area contributed by atoms with Gasteiger partial charge >= 0.3 is 0 Å². The van der Waals surface area contributed by atoms with Gasteiger partial charge in [-0.2, -0.15) is 0 Å². The van der Waals surface area contributed by atoms with E-state index in [0.717, 1.165) is 13.1 Å². The van der Waals surface area contributed by atoms with Gasteiger partial charge in [0.25, 0.3) is 5.91 Å². The number of benzene rings is 1. The molecule has 5 heteroatoms. The van der Waals surface area contributed by atoms with Crippen molar-refractivity contribution in [3.8, 4) is 0 Å². The molecule has 3 N–H and O–H groups in total. The Morgan fingerprint density at radius 1 is 1.47 bits per heavy atom. The fourth-order valence-corrected chi connectivity index (χ4v) is 2.20. The zero-order valence-electron chi connectivity index (χ0n) is 11.2. The maximum atomic E-state index is 13.1. The van der Waals surface area contributed by atoms with Gasteiger partial charge in [0, 0.05) is 30.4 Å². The van der Waals surface area contributed by atoms with Gasteiger partial charge in [0.1, 0.15) is 5.82 Å². The van der Waals surface area contributed by atoms with Crippen molar-refractivity contribution in [1.29, 1.82) is 0 Å². The van der Waals surface area contributed by atoms with Crippen molar-refractivity contribution < 1.29 is 9.18 Å². The summed E-state index contributed by atoms with van der Waals surface area (Å²) in [5, 5.41) is 2.80. The highest BCUT2D eigenvalue weighted by atomic mass is 19.1. The van der Waals surface area contributed by atoms with E-state index in [1.807, 2.05) is 0 Å². The van der Waals surface area contributed by atoms with E-state index in [0.29, 0.717) is 12.6 Å². The van der Waals surface area contributed by atoms with Crippen molar-refractivity contribution in [3.63, 3.8) is 0 Å². The molecule has 1 saturated carbocycles. The summed E-state index contributed by atoms with van der Waals surface area (Å²) >= 11 is 0. The maximum Gasteiger partial charge on any atom is 0.251 e. The van der Waals surface area contributed by atoms with Gasteiger partial charge in [-0.3, -0.25) is 9.69 Å². The number of anilines is 1. The van der Waals surface area contributed by atoms with Gasteiger partial charge in [0.2, 0.25) is 0 Å². The van der Waals surface area contributed by atoms with E-state index in [9.17, 15) is 9.18 Å². The first-order valence-corrected chi connectivity index (χ1v) is 6.68. The summed E-state index contributed by atoms with van der Waals surface area (Å²) < 4.78 is 13.1. The van der Waals surface area contributed by atoms with Crippen LogP contribution in [0.15, 0.2) is 18.2 Å². The predicted molar refractivity (Wildman–Crippen MR) is 73.4 cm³/mol. The Kier molecular flexibility index (Phi) is 4.37. The number of carbonyl (C=O) groups is 1. The molecule has 0 unspecified atom stereocenters. The highest BCUT2D eigenvalue weighted by molar-refractivity contribution is 5.95. The monoisotopic (exact) mass is 265 g/mol. The van der Waals surface area contributed by atoms with E-state index in [1.54, 1.807) is 0 Å². The van der Waals surface area contributed by atoms with Crippen LogP contribution in [0.3, 0.4) is 0 Å². The molecule has 1 amide bonds. The fourth-order valence-electron chi connectivity index (χ4n) is 2.20. The van der Waals surface area contributed by atoms with Gasteiger partial charge in [-0.15, -0.1) is 0 Å². The van der Waals surface area contributed by atoms with Crippen molar-refractivity contribution in [2.24, 2.45) is 0 Å². The number of likely N-dealkylation sites (N-methyl/N-ethyl adjacent to an activating group) is 1. The van der Waals surface area contributed by atoms with E-state index < -0.39 is 5.82 Å². The molecule has 0 bridgehead atoms. The minimum absolute atomic E-state index is 0.262. The molecule has 0 spiro atoms. The second-order valence-corrected chi connectivity index (χ2v) is 4.89. The molecule has 1 aliphatic carbocycles. The van der Waals surface area contributed by atoms with Gasteiger partial charge in [0.15, 0.2) is 0 Å². The molecule has 19 heavy (non-hydrogen) atoms. The summed E-state index contributed by atoms with van der Waals surface area (Å²) in [7, 11) is 0. The van der Waals surface area contributed by atoms with Gasteiger partial charge in [-0.1, -0.05) is 6.92 Å². The summed E-state index contributed by atoms with van der Waals surface area (Å²) in [5.74, 6) is -0.767. The van der Waals surface area contributed by atoms with E-state index >= 15 is 0 Å². The lowest BCUT2D eigenvalue weighted by atomic mass is 10.2.